The summed E-state index contributed by atoms with van der Waals surface area (Å²) in [5.41, 5.74) is 0.796. The highest BCUT2D eigenvalue weighted by atomic mass is 19.1. The van der Waals surface area contributed by atoms with Crippen LogP contribution in [-0.4, -0.2) is 26.8 Å². The number of hydrogen-bond donors (Lipinski definition) is 1. The molecule has 2 aromatic heterocycles. The Morgan fingerprint density at radius 3 is 2.83 bits per heavy atom. The molecule has 0 fully saturated rings. The van der Waals surface area contributed by atoms with Gasteiger partial charge in [-0.1, -0.05) is 0 Å². The van der Waals surface area contributed by atoms with Crippen molar-refractivity contribution in [3.05, 3.63) is 42.0 Å². The number of aryl methyl sites for hydroxylation is 1. The van der Waals surface area contributed by atoms with Crippen LogP contribution in [0.25, 0.3) is 0 Å². The van der Waals surface area contributed by atoms with Gasteiger partial charge in [-0.25, -0.2) is 9.37 Å². The van der Waals surface area contributed by atoms with E-state index in [1.807, 2.05) is 18.7 Å². The number of nitrogens with one attached hydrogen (secondary N) is 1. The third-order valence-electron chi connectivity index (χ3n) is 2.84. The van der Waals surface area contributed by atoms with Gasteiger partial charge in [-0.3, -0.25) is 9.67 Å². The highest BCUT2D eigenvalue weighted by Crippen LogP contribution is 2.15. The van der Waals surface area contributed by atoms with Crippen molar-refractivity contribution in [1.82, 2.24) is 25.1 Å². The summed E-state index contributed by atoms with van der Waals surface area (Å²) < 4.78 is 14.7. The zero-order valence-electron chi connectivity index (χ0n) is 10.5. The van der Waals surface area contributed by atoms with Crippen LogP contribution < -0.4 is 5.32 Å². The minimum atomic E-state index is -0.328. The molecule has 0 radical (unpaired) electrons. The highest BCUT2D eigenvalue weighted by Gasteiger charge is 2.15. The Balaban J connectivity index is 2.17. The van der Waals surface area contributed by atoms with E-state index in [2.05, 4.69) is 20.4 Å². The Morgan fingerprint density at radius 1 is 1.39 bits per heavy atom. The van der Waals surface area contributed by atoms with Gasteiger partial charge in [0, 0.05) is 13.0 Å². The van der Waals surface area contributed by atoms with E-state index in [9.17, 15) is 4.39 Å². The maximum atomic E-state index is 12.8. The minimum Gasteiger partial charge on any atom is -0.311 e. The summed E-state index contributed by atoms with van der Waals surface area (Å²) in [6, 6.07) is 3.10. The Hall–Kier alpha value is -1.82. The number of halogens is 1. The van der Waals surface area contributed by atoms with E-state index in [0.29, 0.717) is 6.42 Å². The summed E-state index contributed by atoms with van der Waals surface area (Å²) in [5.74, 6) is 0.563. The molecule has 18 heavy (non-hydrogen) atoms. The lowest BCUT2D eigenvalue weighted by molar-refractivity contribution is 0.521. The molecule has 6 heteroatoms. The van der Waals surface area contributed by atoms with E-state index in [1.165, 1.54) is 12.3 Å². The average Bonchev–Trinajstić information content (AvgIpc) is 2.84. The zero-order valence-corrected chi connectivity index (χ0v) is 10.5. The third-order valence-corrected chi connectivity index (χ3v) is 2.84. The predicted octanol–water partition coefficient (Wildman–Crippen LogP) is 1.34. The topological polar surface area (TPSA) is 55.6 Å². The van der Waals surface area contributed by atoms with Crippen LogP contribution in [0.2, 0.25) is 0 Å². The number of nitrogens with zero attached hydrogens (tertiary/aromatic N) is 4. The van der Waals surface area contributed by atoms with Gasteiger partial charge in [0.15, 0.2) is 0 Å². The molecule has 0 saturated carbocycles. The van der Waals surface area contributed by atoms with Gasteiger partial charge in [-0.05, 0) is 26.1 Å². The van der Waals surface area contributed by atoms with Gasteiger partial charge in [0.05, 0.1) is 17.9 Å². The van der Waals surface area contributed by atoms with Crippen LogP contribution in [0.4, 0.5) is 4.39 Å². The molecule has 1 atom stereocenters. The van der Waals surface area contributed by atoms with Gasteiger partial charge >= 0.3 is 0 Å². The molecule has 0 aliphatic rings. The first kappa shape index (κ1) is 12.6. The van der Waals surface area contributed by atoms with E-state index in [0.717, 1.165) is 18.1 Å². The SMILES string of the molecule is CCn1ncnc1CC(NC)c1ccc(F)cn1. The maximum Gasteiger partial charge on any atom is 0.141 e. The van der Waals surface area contributed by atoms with E-state index in [-0.39, 0.29) is 11.9 Å². The normalized spacial score (nSPS) is 12.6. The van der Waals surface area contributed by atoms with Gasteiger partial charge in [-0.2, -0.15) is 5.10 Å². The molecule has 0 amide bonds. The molecular formula is C12H16FN5. The predicted molar refractivity (Wildman–Crippen MR) is 65.4 cm³/mol. The Labute approximate surface area is 105 Å². The first-order valence-corrected chi connectivity index (χ1v) is 5.90. The number of likely N-dealkylation sites (N-methyl/N-ethyl adjacent to an activating group) is 1. The molecule has 2 rings (SSSR count). The van der Waals surface area contributed by atoms with Crippen LogP contribution >= 0.6 is 0 Å². The van der Waals surface area contributed by atoms with Crippen LogP contribution in [-0.2, 0) is 13.0 Å². The summed E-state index contributed by atoms with van der Waals surface area (Å²) in [6.07, 6.45) is 3.44. The first-order valence-electron chi connectivity index (χ1n) is 5.90. The molecule has 0 aliphatic carbocycles. The van der Waals surface area contributed by atoms with Crippen LogP contribution in [0.3, 0.4) is 0 Å². The Morgan fingerprint density at radius 2 is 2.22 bits per heavy atom. The molecule has 5 nitrogen and oxygen atoms in total. The van der Waals surface area contributed by atoms with Gasteiger partial charge in [0.2, 0.25) is 0 Å². The van der Waals surface area contributed by atoms with Crippen molar-refractivity contribution < 1.29 is 4.39 Å². The van der Waals surface area contributed by atoms with Gasteiger partial charge in [0.25, 0.3) is 0 Å². The second-order valence-electron chi connectivity index (χ2n) is 3.94. The quantitative estimate of drug-likeness (QED) is 0.868. The molecule has 2 aromatic rings. The van der Waals surface area contributed by atoms with Crippen molar-refractivity contribution >= 4 is 0 Å². The molecule has 1 unspecified atom stereocenters. The molecule has 0 spiro atoms. The van der Waals surface area contributed by atoms with E-state index in [4.69, 9.17) is 0 Å². The molecule has 0 aliphatic heterocycles. The molecule has 2 heterocycles. The molecule has 0 aromatic carbocycles. The highest BCUT2D eigenvalue weighted by molar-refractivity contribution is 5.11. The molecular weight excluding hydrogens is 233 g/mol. The van der Waals surface area contributed by atoms with Gasteiger partial charge in [-0.15, -0.1) is 0 Å². The summed E-state index contributed by atoms with van der Waals surface area (Å²) in [7, 11) is 1.85. The smallest absolute Gasteiger partial charge is 0.141 e. The van der Waals surface area contributed by atoms with Crippen LogP contribution in [0, 0.1) is 5.82 Å². The summed E-state index contributed by atoms with van der Waals surface area (Å²) in [4.78, 5) is 8.32. The van der Waals surface area contributed by atoms with Crippen molar-refractivity contribution in [3.63, 3.8) is 0 Å². The standard InChI is InChI=1S/C12H16FN5/c1-3-18-12(16-8-17-18)6-11(14-2)10-5-4-9(13)7-15-10/h4-5,7-8,11,14H,3,6H2,1-2H3. The fourth-order valence-electron chi connectivity index (χ4n) is 1.84. The van der Waals surface area contributed by atoms with Gasteiger partial charge in [0.1, 0.15) is 18.0 Å². The second-order valence-corrected chi connectivity index (χ2v) is 3.94. The molecule has 96 valence electrons. The number of hydrogen-bond acceptors (Lipinski definition) is 4. The van der Waals surface area contributed by atoms with Crippen LogP contribution in [0.1, 0.15) is 24.5 Å². The fraction of sp³-hybridized carbons (Fsp3) is 0.417. The zero-order chi connectivity index (χ0) is 13.0. The number of rotatable bonds is 5. The Bertz CT molecular complexity index is 493. The summed E-state index contributed by atoms with van der Waals surface area (Å²) >= 11 is 0. The van der Waals surface area contributed by atoms with Gasteiger partial charge < -0.3 is 5.32 Å². The minimum absolute atomic E-state index is 0.0000926. The van der Waals surface area contributed by atoms with Crippen molar-refractivity contribution in [2.75, 3.05) is 7.05 Å². The van der Waals surface area contributed by atoms with Crippen molar-refractivity contribution in [2.24, 2.45) is 0 Å². The molecule has 0 bridgehead atoms. The largest absolute Gasteiger partial charge is 0.311 e. The number of aromatic nitrogens is 4. The maximum absolute atomic E-state index is 12.8. The van der Waals surface area contributed by atoms with Crippen molar-refractivity contribution in [1.29, 1.82) is 0 Å². The summed E-state index contributed by atoms with van der Waals surface area (Å²) in [6.45, 7) is 2.80. The summed E-state index contributed by atoms with van der Waals surface area (Å²) in [5, 5.41) is 7.29. The van der Waals surface area contributed by atoms with Crippen LogP contribution in [0.15, 0.2) is 24.7 Å². The van der Waals surface area contributed by atoms with Crippen molar-refractivity contribution in [2.45, 2.75) is 25.9 Å². The first-order chi connectivity index (χ1) is 8.74. The third kappa shape index (κ3) is 2.70. The van der Waals surface area contributed by atoms with E-state index in [1.54, 1.807) is 12.4 Å². The number of pyridine rings is 1. The second kappa shape index (κ2) is 5.68. The lowest BCUT2D eigenvalue weighted by atomic mass is 10.1. The average molecular weight is 249 g/mol. The van der Waals surface area contributed by atoms with Crippen LogP contribution in [0.5, 0.6) is 0 Å². The molecule has 0 saturated heterocycles. The monoisotopic (exact) mass is 249 g/mol. The van der Waals surface area contributed by atoms with Crippen molar-refractivity contribution in [3.8, 4) is 0 Å². The Kier molecular flexibility index (Phi) is 3.99. The van der Waals surface area contributed by atoms with E-state index < -0.39 is 0 Å². The lowest BCUT2D eigenvalue weighted by Gasteiger charge is -2.15. The fourth-order valence-corrected chi connectivity index (χ4v) is 1.84. The molecule has 1 N–H and O–H groups in total. The lowest BCUT2D eigenvalue weighted by Crippen LogP contribution is -2.22. The van der Waals surface area contributed by atoms with E-state index >= 15 is 0 Å².